The molecule has 0 aliphatic heterocycles. The Morgan fingerprint density at radius 3 is 2.00 bits per heavy atom. The van der Waals surface area contributed by atoms with Crippen molar-refractivity contribution in [1.82, 2.24) is 5.32 Å². The van der Waals surface area contributed by atoms with E-state index in [1.807, 2.05) is 12.1 Å². The Labute approximate surface area is 147 Å². The van der Waals surface area contributed by atoms with E-state index in [0.717, 1.165) is 12.8 Å². The van der Waals surface area contributed by atoms with Gasteiger partial charge in [-0.3, -0.25) is 4.79 Å². The van der Waals surface area contributed by atoms with E-state index < -0.39 is 5.60 Å². The standard InChI is InChI=1S/C20H23NO4/c1-23-16-9-6-10-17(24-2)18(16)19(22)21-13-20(25-3)11-14-7-4-5-8-15(14)12-20/h4-10H,11-13H2,1-3H3,(H,21,22). The molecule has 0 aromatic heterocycles. The molecule has 5 heteroatoms. The van der Waals surface area contributed by atoms with Crippen LogP contribution in [0.4, 0.5) is 0 Å². The first-order chi connectivity index (χ1) is 12.1. The molecule has 1 N–H and O–H groups in total. The zero-order valence-electron chi connectivity index (χ0n) is 14.8. The molecule has 0 fully saturated rings. The van der Waals surface area contributed by atoms with E-state index in [4.69, 9.17) is 14.2 Å². The molecule has 0 unspecified atom stereocenters. The number of ether oxygens (including phenoxy) is 3. The molecule has 132 valence electrons. The van der Waals surface area contributed by atoms with Gasteiger partial charge in [0.2, 0.25) is 0 Å². The zero-order valence-corrected chi connectivity index (χ0v) is 14.8. The van der Waals surface area contributed by atoms with Gasteiger partial charge in [-0.05, 0) is 23.3 Å². The molecule has 0 heterocycles. The minimum atomic E-state index is -0.422. The summed E-state index contributed by atoms with van der Waals surface area (Å²) < 4.78 is 16.4. The van der Waals surface area contributed by atoms with E-state index >= 15 is 0 Å². The van der Waals surface area contributed by atoms with Gasteiger partial charge in [-0.1, -0.05) is 30.3 Å². The van der Waals surface area contributed by atoms with Crippen LogP contribution in [0.3, 0.4) is 0 Å². The normalized spacial score (nSPS) is 14.7. The second-order valence-corrected chi connectivity index (χ2v) is 6.23. The minimum absolute atomic E-state index is 0.235. The van der Waals surface area contributed by atoms with Gasteiger partial charge in [-0.2, -0.15) is 0 Å². The third kappa shape index (κ3) is 3.33. The Bertz CT molecular complexity index is 725. The number of carbonyl (C=O) groups is 1. The molecule has 5 nitrogen and oxygen atoms in total. The van der Waals surface area contributed by atoms with Gasteiger partial charge in [0.25, 0.3) is 5.91 Å². The van der Waals surface area contributed by atoms with Crippen LogP contribution in [0.2, 0.25) is 0 Å². The van der Waals surface area contributed by atoms with Gasteiger partial charge in [0.1, 0.15) is 17.1 Å². The highest BCUT2D eigenvalue weighted by Crippen LogP contribution is 2.33. The second kappa shape index (κ2) is 7.15. The number of amides is 1. The second-order valence-electron chi connectivity index (χ2n) is 6.23. The Morgan fingerprint density at radius 2 is 1.52 bits per heavy atom. The number of nitrogens with one attached hydrogen (secondary N) is 1. The maximum absolute atomic E-state index is 12.8. The fourth-order valence-electron chi connectivity index (χ4n) is 3.41. The molecule has 0 spiro atoms. The monoisotopic (exact) mass is 341 g/mol. The Morgan fingerprint density at radius 1 is 0.960 bits per heavy atom. The first-order valence-corrected chi connectivity index (χ1v) is 8.23. The van der Waals surface area contributed by atoms with Crippen LogP contribution >= 0.6 is 0 Å². The van der Waals surface area contributed by atoms with Gasteiger partial charge in [0.05, 0.1) is 19.8 Å². The van der Waals surface area contributed by atoms with Crippen molar-refractivity contribution in [1.29, 1.82) is 0 Å². The third-order valence-electron chi connectivity index (χ3n) is 4.80. The smallest absolute Gasteiger partial charge is 0.258 e. The summed E-state index contributed by atoms with van der Waals surface area (Å²) in [5, 5.41) is 2.99. The molecule has 2 aromatic carbocycles. The molecule has 0 saturated heterocycles. The van der Waals surface area contributed by atoms with Gasteiger partial charge < -0.3 is 19.5 Å². The lowest BCUT2D eigenvalue weighted by Crippen LogP contribution is -2.45. The Hall–Kier alpha value is -2.53. The molecule has 0 radical (unpaired) electrons. The molecule has 3 rings (SSSR count). The zero-order chi connectivity index (χ0) is 17.9. The highest BCUT2D eigenvalue weighted by molar-refractivity contribution is 5.99. The van der Waals surface area contributed by atoms with Crippen LogP contribution in [0.25, 0.3) is 0 Å². The molecule has 1 aliphatic rings. The Balaban J connectivity index is 1.77. The van der Waals surface area contributed by atoms with Gasteiger partial charge >= 0.3 is 0 Å². The highest BCUT2D eigenvalue weighted by Gasteiger charge is 2.37. The van der Waals surface area contributed by atoms with Crippen LogP contribution in [-0.2, 0) is 17.6 Å². The lowest BCUT2D eigenvalue weighted by Gasteiger charge is -2.28. The van der Waals surface area contributed by atoms with Crippen molar-refractivity contribution in [3.05, 3.63) is 59.2 Å². The average Bonchev–Trinajstić information content (AvgIpc) is 3.04. The van der Waals surface area contributed by atoms with Crippen molar-refractivity contribution in [3.63, 3.8) is 0 Å². The van der Waals surface area contributed by atoms with Crippen LogP contribution in [-0.4, -0.2) is 39.4 Å². The van der Waals surface area contributed by atoms with Crippen LogP contribution in [0, 0.1) is 0 Å². The molecular formula is C20H23NO4. The van der Waals surface area contributed by atoms with Crippen molar-refractivity contribution in [2.24, 2.45) is 0 Å². The quantitative estimate of drug-likeness (QED) is 0.877. The van der Waals surface area contributed by atoms with E-state index in [9.17, 15) is 4.79 Å². The van der Waals surface area contributed by atoms with Crippen LogP contribution in [0.1, 0.15) is 21.5 Å². The molecule has 25 heavy (non-hydrogen) atoms. The first kappa shape index (κ1) is 17.3. The van der Waals surface area contributed by atoms with E-state index in [2.05, 4.69) is 17.4 Å². The number of rotatable bonds is 6. The number of fused-ring (bicyclic) bond motifs is 1. The topological polar surface area (TPSA) is 56.8 Å². The number of carbonyl (C=O) groups excluding carboxylic acids is 1. The van der Waals surface area contributed by atoms with Crippen molar-refractivity contribution in [3.8, 4) is 11.5 Å². The fourth-order valence-corrected chi connectivity index (χ4v) is 3.41. The summed E-state index contributed by atoms with van der Waals surface area (Å²) >= 11 is 0. The van der Waals surface area contributed by atoms with E-state index in [1.54, 1.807) is 25.3 Å². The molecule has 0 atom stereocenters. The number of methoxy groups -OCH3 is 3. The van der Waals surface area contributed by atoms with Crippen LogP contribution in [0.5, 0.6) is 11.5 Å². The SMILES string of the molecule is COc1cccc(OC)c1C(=O)NCC1(OC)Cc2ccccc2C1. The fraction of sp³-hybridized carbons (Fsp3) is 0.350. The number of hydrogen-bond donors (Lipinski definition) is 1. The highest BCUT2D eigenvalue weighted by atomic mass is 16.5. The third-order valence-corrected chi connectivity index (χ3v) is 4.80. The van der Waals surface area contributed by atoms with Crippen molar-refractivity contribution in [2.45, 2.75) is 18.4 Å². The van der Waals surface area contributed by atoms with E-state index in [1.165, 1.54) is 25.3 Å². The maximum atomic E-state index is 12.8. The molecular weight excluding hydrogens is 318 g/mol. The maximum Gasteiger partial charge on any atom is 0.258 e. The average molecular weight is 341 g/mol. The Kier molecular flexibility index (Phi) is 4.95. The number of hydrogen-bond acceptors (Lipinski definition) is 4. The summed E-state index contributed by atoms with van der Waals surface area (Å²) in [6.45, 7) is 0.415. The first-order valence-electron chi connectivity index (χ1n) is 8.23. The van der Waals surface area contributed by atoms with Gasteiger partial charge in [-0.15, -0.1) is 0 Å². The molecule has 2 aromatic rings. The summed E-state index contributed by atoms with van der Waals surface area (Å²) in [7, 11) is 4.77. The molecule has 1 amide bonds. The molecule has 0 saturated carbocycles. The number of benzene rings is 2. The summed E-state index contributed by atoms with van der Waals surface area (Å²) in [4.78, 5) is 12.8. The van der Waals surface area contributed by atoms with E-state index in [0.29, 0.717) is 23.6 Å². The largest absolute Gasteiger partial charge is 0.496 e. The van der Waals surface area contributed by atoms with Gasteiger partial charge in [0, 0.05) is 26.5 Å². The van der Waals surface area contributed by atoms with Crippen molar-refractivity contribution < 1.29 is 19.0 Å². The van der Waals surface area contributed by atoms with E-state index in [-0.39, 0.29) is 5.91 Å². The summed E-state index contributed by atoms with van der Waals surface area (Å²) in [5.41, 5.74) is 2.52. The molecule has 1 aliphatic carbocycles. The summed E-state index contributed by atoms with van der Waals surface area (Å²) in [5.74, 6) is 0.734. The summed E-state index contributed by atoms with van der Waals surface area (Å²) in [6.07, 6.45) is 1.56. The van der Waals surface area contributed by atoms with Crippen LogP contribution in [0.15, 0.2) is 42.5 Å². The predicted molar refractivity (Wildman–Crippen MR) is 95.5 cm³/mol. The van der Waals surface area contributed by atoms with Gasteiger partial charge in [-0.25, -0.2) is 0 Å². The summed E-state index contributed by atoms with van der Waals surface area (Å²) in [6, 6.07) is 13.6. The molecule has 0 bridgehead atoms. The lowest BCUT2D eigenvalue weighted by atomic mass is 9.99. The van der Waals surface area contributed by atoms with Gasteiger partial charge in [0.15, 0.2) is 0 Å². The van der Waals surface area contributed by atoms with Crippen LogP contribution < -0.4 is 14.8 Å². The van der Waals surface area contributed by atoms with Crippen molar-refractivity contribution in [2.75, 3.05) is 27.9 Å². The van der Waals surface area contributed by atoms with Crippen molar-refractivity contribution >= 4 is 5.91 Å². The minimum Gasteiger partial charge on any atom is -0.496 e. The predicted octanol–water partition coefficient (Wildman–Crippen LogP) is 2.62. The lowest BCUT2D eigenvalue weighted by molar-refractivity contribution is 0.000132.